The summed E-state index contributed by atoms with van der Waals surface area (Å²) >= 11 is 0. The van der Waals surface area contributed by atoms with E-state index in [-0.39, 0.29) is 5.54 Å². The monoisotopic (exact) mass is 268 g/mol. The Morgan fingerprint density at radius 2 is 1.58 bits per heavy atom. The second-order valence-electron chi connectivity index (χ2n) is 7.66. The molecule has 1 fully saturated rings. The van der Waals surface area contributed by atoms with Crippen LogP contribution in [-0.4, -0.2) is 36.6 Å². The maximum absolute atomic E-state index is 3.73. The fourth-order valence-electron chi connectivity index (χ4n) is 3.24. The molecule has 0 aromatic heterocycles. The zero-order valence-electron chi connectivity index (χ0n) is 14.2. The Hall–Kier alpha value is -0.0800. The van der Waals surface area contributed by atoms with E-state index in [1.165, 1.54) is 45.1 Å². The molecule has 1 aliphatic carbocycles. The molecule has 1 N–H and O–H groups in total. The van der Waals surface area contributed by atoms with Crippen molar-refractivity contribution in [2.45, 2.75) is 84.7 Å². The van der Waals surface area contributed by atoms with Crippen molar-refractivity contribution in [3.63, 3.8) is 0 Å². The van der Waals surface area contributed by atoms with Crippen LogP contribution in [0.3, 0.4) is 0 Å². The van der Waals surface area contributed by atoms with Gasteiger partial charge in [0.1, 0.15) is 0 Å². The smallest absolute Gasteiger partial charge is 0.00967 e. The van der Waals surface area contributed by atoms with Crippen LogP contribution in [0.1, 0.15) is 73.1 Å². The first kappa shape index (κ1) is 17.0. The minimum absolute atomic E-state index is 0.224. The molecular formula is C17H36N2. The summed E-state index contributed by atoms with van der Waals surface area (Å²) in [4.78, 5) is 2.64. The predicted octanol–water partition coefficient (Wildman–Crippen LogP) is 4.06. The van der Waals surface area contributed by atoms with Crippen molar-refractivity contribution in [1.29, 1.82) is 0 Å². The van der Waals surface area contributed by atoms with Gasteiger partial charge in [0, 0.05) is 24.7 Å². The van der Waals surface area contributed by atoms with Crippen molar-refractivity contribution in [3.05, 3.63) is 0 Å². The van der Waals surface area contributed by atoms with Gasteiger partial charge in [-0.3, -0.25) is 0 Å². The summed E-state index contributed by atoms with van der Waals surface area (Å²) in [5.74, 6) is 0. The molecule has 0 aromatic rings. The molecule has 0 unspecified atom stereocenters. The van der Waals surface area contributed by atoms with Gasteiger partial charge in [0.05, 0.1) is 0 Å². The van der Waals surface area contributed by atoms with Crippen LogP contribution in [0.2, 0.25) is 0 Å². The lowest BCUT2D eigenvalue weighted by atomic mass is 9.80. The van der Waals surface area contributed by atoms with Gasteiger partial charge in [0.2, 0.25) is 0 Å². The molecule has 0 heterocycles. The van der Waals surface area contributed by atoms with Crippen LogP contribution in [0.15, 0.2) is 0 Å². The summed E-state index contributed by atoms with van der Waals surface area (Å²) in [6.45, 7) is 13.9. The zero-order valence-corrected chi connectivity index (χ0v) is 14.2. The quantitative estimate of drug-likeness (QED) is 0.749. The van der Waals surface area contributed by atoms with Crippen molar-refractivity contribution in [2.24, 2.45) is 5.41 Å². The zero-order chi connectivity index (χ0) is 14.5. The van der Waals surface area contributed by atoms with Gasteiger partial charge < -0.3 is 10.2 Å². The van der Waals surface area contributed by atoms with Crippen LogP contribution >= 0.6 is 0 Å². The second kappa shape index (κ2) is 7.08. The molecule has 114 valence electrons. The van der Waals surface area contributed by atoms with Crippen LogP contribution in [0.25, 0.3) is 0 Å². The van der Waals surface area contributed by atoms with E-state index in [2.05, 4.69) is 51.9 Å². The lowest BCUT2D eigenvalue weighted by Gasteiger charge is -2.40. The molecule has 0 radical (unpaired) electrons. The Morgan fingerprint density at radius 3 is 2.00 bits per heavy atom. The van der Waals surface area contributed by atoms with E-state index < -0.39 is 0 Å². The summed E-state index contributed by atoms with van der Waals surface area (Å²) in [5, 5.41) is 3.73. The molecule has 0 spiro atoms. The topological polar surface area (TPSA) is 15.3 Å². The third kappa shape index (κ3) is 5.43. The molecule has 0 aromatic carbocycles. The van der Waals surface area contributed by atoms with Gasteiger partial charge in [-0.25, -0.2) is 0 Å². The van der Waals surface area contributed by atoms with Gasteiger partial charge in [-0.2, -0.15) is 0 Å². The van der Waals surface area contributed by atoms with Gasteiger partial charge in [0.15, 0.2) is 0 Å². The molecule has 0 aliphatic heterocycles. The van der Waals surface area contributed by atoms with Crippen LogP contribution in [-0.2, 0) is 0 Å². The van der Waals surface area contributed by atoms with Gasteiger partial charge in [-0.1, -0.05) is 26.7 Å². The molecule has 1 aliphatic rings. The van der Waals surface area contributed by atoms with Gasteiger partial charge in [-0.05, 0) is 58.9 Å². The summed E-state index contributed by atoms with van der Waals surface area (Å²) in [6.07, 6.45) is 8.22. The van der Waals surface area contributed by atoms with E-state index in [1.807, 2.05) is 0 Å². The molecular weight excluding hydrogens is 232 g/mol. The molecule has 2 nitrogen and oxygen atoms in total. The lowest BCUT2D eigenvalue weighted by Crippen LogP contribution is -2.49. The molecule has 0 saturated heterocycles. The average molecular weight is 268 g/mol. The summed E-state index contributed by atoms with van der Waals surface area (Å²) in [7, 11) is 2.34. The van der Waals surface area contributed by atoms with Crippen molar-refractivity contribution >= 4 is 0 Å². The Bertz CT molecular complexity index is 244. The second-order valence-corrected chi connectivity index (χ2v) is 7.66. The number of nitrogens with zero attached hydrogens (tertiary/aromatic N) is 1. The molecule has 0 amide bonds. The van der Waals surface area contributed by atoms with E-state index in [0.717, 1.165) is 12.6 Å². The van der Waals surface area contributed by atoms with E-state index >= 15 is 0 Å². The molecule has 0 atom stereocenters. The van der Waals surface area contributed by atoms with E-state index in [0.29, 0.717) is 5.41 Å². The highest BCUT2D eigenvalue weighted by Gasteiger charge is 2.31. The first-order valence-electron chi connectivity index (χ1n) is 8.27. The van der Waals surface area contributed by atoms with Gasteiger partial charge in [0.25, 0.3) is 0 Å². The normalized spacial score (nSPS) is 18.5. The lowest BCUT2D eigenvalue weighted by molar-refractivity contribution is 0.116. The third-order valence-corrected chi connectivity index (χ3v) is 5.03. The maximum atomic E-state index is 3.73. The average Bonchev–Trinajstić information content (AvgIpc) is 2.87. The third-order valence-electron chi connectivity index (χ3n) is 5.03. The summed E-state index contributed by atoms with van der Waals surface area (Å²) in [5.41, 5.74) is 0.659. The Balaban J connectivity index is 2.58. The minimum atomic E-state index is 0.224. The SMILES string of the molecule is CCC(CC)(CNC(C)(C)C)CN(C)C1CCCC1. The van der Waals surface area contributed by atoms with Crippen molar-refractivity contribution in [3.8, 4) is 0 Å². The van der Waals surface area contributed by atoms with Crippen molar-refractivity contribution in [1.82, 2.24) is 10.2 Å². The van der Waals surface area contributed by atoms with Crippen molar-refractivity contribution < 1.29 is 0 Å². The van der Waals surface area contributed by atoms with Gasteiger partial charge in [-0.15, -0.1) is 0 Å². The van der Waals surface area contributed by atoms with E-state index in [4.69, 9.17) is 0 Å². The van der Waals surface area contributed by atoms with Crippen LogP contribution in [0.5, 0.6) is 0 Å². The number of hydrogen-bond donors (Lipinski definition) is 1. The van der Waals surface area contributed by atoms with Crippen LogP contribution in [0.4, 0.5) is 0 Å². The van der Waals surface area contributed by atoms with Crippen LogP contribution in [0, 0.1) is 5.41 Å². The maximum Gasteiger partial charge on any atom is 0.00967 e. The predicted molar refractivity (Wildman–Crippen MR) is 85.7 cm³/mol. The molecule has 1 saturated carbocycles. The Labute approximate surface area is 121 Å². The minimum Gasteiger partial charge on any atom is -0.311 e. The molecule has 0 bridgehead atoms. The Kier molecular flexibility index (Phi) is 6.32. The first-order chi connectivity index (χ1) is 8.82. The molecule has 1 rings (SSSR count). The summed E-state index contributed by atoms with van der Waals surface area (Å²) < 4.78 is 0. The highest BCUT2D eigenvalue weighted by atomic mass is 15.1. The summed E-state index contributed by atoms with van der Waals surface area (Å²) in [6, 6.07) is 0.840. The Morgan fingerprint density at radius 1 is 1.05 bits per heavy atom. The standard InChI is InChI=1S/C17H36N2/c1-7-17(8-2,13-18-16(3,4)5)14-19(6)15-11-9-10-12-15/h15,18H,7-14H2,1-6H3. The fourth-order valence-corrected chi connectivity index (χ4v) is 3.24. The largest absolute Gasteiger partial charge is 0.311 e. The van der Waals surface area contributed by atoms with Crippen LogP contribution < -0.4 is 5.32 Å². The molecule has 2 heteroatoms. The first-order valence-corrected chi connectivity index (χ1v) is 8.27. The highest BCUT2D eigenvalue weighted by Crippen LogP contribution is 2.31. The number of nitrogens with one attached hydrogen (secondary N) is 1. The van der Waals surface area contributed by atoms with E-state index in [1.54, 1.807) is 0 Å². The number of hydrogen-bond acceptors (Lipinski definition) is 2. The van der Waals surface area contributed by atoms with E-state index in [9.17, 15) is 0 Å². The fraction of sp³-hybridized carbons (Fsp3) is 1.00. The molecule has 19 heavy (non-hydrogen) atoms. The van der Waals surface area contributed by atoms with Gasteiger partial charge >= 0.3 is 0 Å². The highest BCUT2D eigenvalue weighted by molar-refractivity contribution is 4.87. The van der Waals surface area contributed by atoms with Crippen molar-refractivity contribution in [2.75, 3.05) is 20.1 Å². The number of rotatable bonds is 7.